The van der Waals surface area contributed by atoms with E-state index in [-0.39, 0.29) is 5.91 Å². The number of nitrogens with zero attached hydrogens (tertiary/aromatic N) is 1. The highest BCUT2D eigenvalue weighted by Gasteiger charge is 2.30. The van der Waals surface area contributed by atoms with Crippen molar-refractivity contribution in [2.24, 2.45) is 5.73 Å². The van der Waals surface area contributed by atoms with Crippen molar-refractivity contribution in [1.82, 2.24) is 0 Å². The first kappa shape index (κ1) is 13.8. The van der Waals surface area contributed by atoms with Gasteiger partial charge < -0.3 is 10.6 Å². The van der Waals surface area contributed by atoms with E-state index in [4.69, 9.17) is 5.73 Å². The third-order valence-electron chi connectivity index (χ3n) is 4.15. The number of amides is 1. The maximum absolute atomic E-state index is 12.8. The molecule has 0 bridgehead atoms. The van der Waals surface area contributed by atoms with Crippen LogP contribution in [0.15, 0.2) is 48.5 Å². The van der Waals surface area contributed by atoms with Gasteiger partial charge >= 0.3 is 0 Å². The van der Waals surface area contributed by atoms with Crippen molar-refractivity contribution >= 4 is 11.6 Å². The van der Waals surface area contributed by atoms with E-state index in [1.54, 1.807) is 0 Å². The van der Waals surface area contributed by atoms with Gasteiger partial charge in [-0.3, -0.25) is 4.79 Å². The van der Waals surface area contributed by atoms with Gasteiger partial charge in [-0.15, -0.1) is 0 Å². The molecule has 1 atom stereocenters. The minimum Gasteiger partial charge on any atom is -0.316 e. The van der Waals surface area contributed by atoms with Gasteiger partial charge in [-0.25, -0.2) is 0 Å². The van der Waals surface area contributed by atoms with Crippen LogP contribution in [0.3, 0.4) is 0 Å². The highest BCUT2D eigenvalue weighted by molar-refractivity contribution is 6.00. The second-order valence-corrected chi connectivity index (χ2v) is 5.41. The van der Waals surface area contributed by atoms with Crippen LogP contribution >= 0.6 is 0 Å². The SMILES string of the molecule is CCc1cccc2c1N(C(=O)[C@H](N)c1ccccc1)CC2. The Bertz CT molecular complexity index is 652. The smallest absolute Gasteiger partial charge is 0.248 e. The fourth-order valence-corrected chi connectivity index (χ4v) is 3.01. The summed E-state index contributed by atoms with van der Waals surface area (Å²) in [7, 11) is 0. The Morgan fingerprint density at radius 1 is 1.19 bits per heavy atom. The molecule has 0 aliphatic carbocycles. The zero-order valence-corrected chi connectivity index (χ0v) is 12.3. The van der Waals surface area contributed by atoms with Gasteiger partial charge in [0.1, 0.15) is 6.04 Å². The van der Waals surface area contributed by atoms with Crippen molar-refractivity contribution in [2.45, 2.75) is 25.8 Å². The molecule has 3 heteroatoms. The minimum absolute atomic E-state index is 0.0131. The number of anilines is 1. The Morgan fingerprint density at radius 2 is 1.95 bits per heavy atom. The van der Waals surface area contributed by atoms with E-state index >= 15 is 0 Å². The van der Waals surface area contributed by atoms with Crippen LogP contribution in [-0.2, 0) is 17.6 Å². The molecule has 0 aromatic heterocycles. The normalized spacial score (nSPS) is 14.9. The second kappa shape index (κ2) is 5.70. The minimum atomic E-state index is -0.595. The number of fused-ring (bicyclic) bond motifs is 1. The van der Waals surface area contributed by atoms with E-state index in [0.717, 1.165) is 30.6 Å². The summed E-state index contributed by atoms with van der Waals surface area (Å²) >= 11 is 0. The standard InChI is InChI=1S/C18H20N2O/c1-2-13-9-6-10-15-11-12-20(17(13)15)18(21)16(19)14-7-4-3-5-8-14/h3-10,16H,2,11-12,19H2,1H3/t16-/m1/s1. The molecule has 0 radical (unpaired) electrons. The Balaban J connectivity index is 1.92. The molecule has 2 aromatic rings. The monoisotopic (exact) mass is 280 g/mol. The van der Waals surface area contributed by atoms with Crippen LogP contribution in [0, 0.1) is 0 Å². The summed E-state index contributed by atoms with van der Waals surface area (Å²) in [6.45, 7) is 2.85. The van der Waals surface area contributed by atoms with Crippen molar-refractivity contribution in [3.8, 4) is 0 Å². The maximum Gasteiger partial charge on any atom is 0.248 e. The molecule has 1 aliphatic rings. The lowest BCUT2D eigenvalue weighted by atomic mass is 10.0. The molecule has 21 heavy (non-hydrogen) atoms. The summed E-state index contributed by atoms with van der Waals surface area (Å²) in [4.78, 5) is 14.6. The number of hydrogen-bond acceptors (Lipinski definition) is 2. The van der Waals surface area contributed by atoms with Crippen molar-refractivity contribution in [2.75, 3.05) is 11.4 Å². The molecular weight excluding hydrogens is 260 g/mol. The Kier molecular flexibility index (Phi) is 3.76. The molecule has 1 amide bonds. The molecule has 1 aliphatic heterocycles. The molecule has 0 spiro atoms. The molecule has 0 fully saturated rings. The first-order valence-electron chi connectivity index (χ1n) is 7.45. The van der Waals surface area contributed by atoms with Gasteiger partial charge in [-0.2, -0.15) is 0 Å². The molecular formula is C18H20N2O. The lowest BCUT2D eigenvalue weighted by molar-refractivity contribution is -0.119. The van der Waals surface area contributed by atoms with E-state index in [1.807, 2.05) is 35.2 Å². The third-order valence-corrected chi connectivity index (χ3v) is 4.15. The first-order valence-corrected chi connectivity index (χ1v) is 7.45. The van der Waals surface area contributed by atoms with E-state index < -0.39 is 6.04 Å². The van der Waals surface area contributed by atoms with Crippen LogP contribution in [0.2, 0.25) is 0 Å². The van der Waals surface area contributed by atoms with Crippen LogP contribution < -0.4 is 10.6 Å². The Morgan fingerprint density at radius 3 is 2.67 bits per heavy atom. The summed E-state index contributed by atoms with van der Waals surface area (Å²) in [5, 5.41) is 0. The molecule has 2 N–H and O–H groups in total. The zero-order chi connectivity index (χ0) is 14.8. The average molecular weight is 280 g/mol. The second-order valence-electron chi connectivity index (χ2n) is 5.41. The van der Waals surface area contributed by atoms with Crippen molar-refractivity contribution < 1.29 is 4.79 Å². The van der Waals surface area contributed by atoms with E-state index in [2.05, 4.69) is 25.1 Å². The van der Waals surface area contributed by atoms with Gasteiger partial charge in [0.15, 0.2) is 0 Å². The largest absolute Gasteiger partial charge is 0.316 e. The van der Waals surface area contributed by atoms with Crippen LogP contribution in [-0.4, -0.2) is 12.5 Å². The lowest BCUT2D eigenvalue weighted by Crippen LogP contribution is -2.37. The first-order chi connectivity index (χ1) is 10.2. The van der Waals surface area contributed by atoms with Crippen molar-refractivity contribution in [3.63, 3.8) is 0 Å². The summed E-state index contributed by atoms with van der Waals surface area (Å²) < 4.78 is 0. The molecule has 2 aromatic carbocycles. The highest BCUT2D eigenvalue weighted by atomic mass is 16.2. The van der Waals surface area contributed by atoms with E-state index in [1.165, 1.54) is 11.1 Å². The summed E-state index contributed by atoms with van der Waals surface area (Å²) in [5.41, 5.74) is 10.6. The molecule has 3 nitrogen and oxygen atoms in total. The fourth-order valence-electron chi connectivity index (χ4n) is 3.01. The molecule has 0 unspecified atom stereocenters. The van der Waals surface area contributed by atoms with Crippen molar-refractivity contribution in [3.05, 3.63) is 65.2 Å². The predicted molar refractivity (Wildman–Crippen MR) is 85.2 cm³/mol. The summed E-state index contributed by atoms with van der Waals surface area (Å²) in [5.74, 6) is -0.0131. The summed E-state index contributed by atoms with van der Waals surface area (Å²) in [6.07, 6.45) is 1.84. The predicted octanol–water partition coefficient (Wildman–Crippen LogP) is 2.84. The van der Waals surface area contributed by atoms with Crippen LogP contribution in [0.4, 0.5) is 5.69 Å². The third kappa shape index (κ3) is 2.45. The lowest BCUT2D eigenvalue weighted by Gasteiger charge is -2.23. The molecule has 1 heterocycles. The van der Waals surface area contributed by atoms with E-state index in [9.17, 15) is 4.79 Å². The van der Waals surface area contributed by atoms with Crippen LogP contribution in [0.25, 0.3) is 0 Å². The van der Waals surface area contributed by atoms with Crippen LogP contribution in [0.1, 0.15) is 29.7 Å². The molecule has 3 rings (SSSR count). The Labute approximate surface area is 125 Å². The number of hydrogen-bond donors (Lipinski definition) is 1. The number of carbonyl (C=O) groups excluding carboxylic acids is 1. The van der Waals surface area contributed by atoms with Gasteiger partial charge in [0.05, 0.1) is 5.69 Å². The fraction of sp³-hybridized carbons (Fsp3) is 0.278. The number of benzene rings is 2. The van der Waals surface area contributed by atoms with Gasteiger partial charge in [0, 0.05) is 6.54 Å². The topological polar surface area (TPSA) is 46.3 Å². The average Bonchev–Trinajstić information content (AvgIpc) is 2.98. The van der Waals surface area contributed by atoms with Crippen molar-refractivity contribution in [1.29, 1.82) is 0 Å². The number of carbonyl (C=O) groups is 1. The molecule has 0 saturated heterocycles. The maximum atomic E-state index is 12.8. The number of para-hydroxylation sites is 1. The van der Waals surface area contributed by atoms with Gasteiger partial charge in [0.25, 0.3) is 0 Å². The van der Waals surface area contributed by atoms with Gasteiger partial charge in [0.2, 0.25) is 5.91 Å². The van der Waals surface area contributed by atoms with Gasteiger partial charge in [-0.1, -0.05) is 55.5 Å². The highest BCUT2D eigenvalue weighted by Crippen LogP contribution is 2.33. The van der Waals surface area contributed by atoms with Crippen LogP contribution in [0.5, 0.6) is 0 Å². The number of rotatable bonds is 3. The number of nitrogens with two attached hydrogens (primary N) is 1. The Hall–Kier alpha value is -2.13. The number of aryl methyl sites for hydroxylation is 1. The summed E-state index contributed by atoms with van der Waals surface area (Å²) in [6, 6.07) is 15.3. The van der Waals surface area contributed by atoms with E-state index in [0.29, 0.717) is 0 Å². The van der Waals surface area contributed by atoms with Gasteiger partial charge in [-0.05, 0) is 29.5 Å². The quantitative estimate of drug-likeness (QED) is 0.939. The zero-order valence-electron chi connectivity index (χ0n) is 12.3. The molecule has 108 valence electrons. The molecule has 0 saturated carbocycles.